The zero-order valence-corrected chi connectivity index (χ0v) is 7.90. The normalized spacial score (nSPS) is 16.6. The van der Waals surface area contributed by atoms with Crippen molar-refractivity contribution in [2.24, 2.45) is 0 Å². The summed E-state index contributed by atoms with van der Waals surface area (Å²) in [5.74, 6) is -0.0513. The minimum atomic E-state index is -0.0513. The van der Waals surface area contributed by atoms with Crippen LogP contribution in [0.2, 0.25) is 0 Å². The van der Waals surface area contributed by atoms with E-state index in [1.165, 1.54) is 4.90 Å². The Morgan fingerprint density at radius 1 is 1.62 bits per heavy atom. The fraction of sp³-hybridized carbons (Fsp3) is 0.750. The number of carbonyl (C=O) groups is 2. The molecule has 0 aromatic carbocycles. The SMILES string of the molecule is CN(C)C(=O)COC1CN(C=O)C1. The predicted molar refractivity (Wildman–Crippen MR) is 46.1 cm³/mol. The molecular formula is C8H14N2O3. The van der Waals surface area contributed by atoms with E-state index in [1.54, 1.807) is 19.0 Å². The Balaban J connectivity index is 2.08. The van der Waals surface area contributed by atoms with E-state index >= 15 is 0 Å². The monoisotopic (exact) mass is 186 g/mol. The second-order valence-corrected chi connectivity index (χ2v) is 3.28. The standard InChI is InChI=1S/C8H14N2O3/c1-9(2)8(12)5-13-7-3-10(4-7)6-11/h6-7H,3-5H2,1-2H3. The number of hydrogen-bond acceptors (Lipinski definition) is 3. The molecule has 1 fully saturated rings. The molecule has 2 amide bonds. The van der Waals surface area contributed by atoms with Crippen LogP contribution < -0.4 is 0 Å². The van der Waals surface area contributed by atoms with Gasteiger partial charge >= 0.3 is 0 Å². The van der Waals surface area contributed by atoms with Crippen molar-refractivity contribution in [2.75, 3.05) is 33.8 Å². The van der Waals surface area contributed by atoms with Crippen molar-refractivity contribution in [2.45, 2.75) is 6.10 Å². The Kier molecular flexibility index (Phi) is 3.25. The van der Waals surface area contributed by atoms with Crippen molar-refractivity contribution in [3.8, 4) is 0 Å². The third-order valence-electron chi connectivity index (χ3n) is 1.97. The topological polar surface area (TPSA) is 49.9 Å². The summed E-state index contributed by atoms with van der Waals surface area (Å²) < 4.78 is 5.24. The second kappa shape index (κ2) is 4.23. The molecule has 5 heteroatoms. The van der Waals surface area contributed by atoms with E-state index < -0.39 is 0 Å². The third kappa shape index (κ3) is 2.69. The number of likely N-dealkylation sites (tertiary alicyclic amines) is 1. The minimum absolute atomic E-state index is 0.0362. The van der Waals surface area contributed by atoms with Gasteiger partial charge in [0, 0.05) is 27.2 Å². The van der Waals surface area contributed by atoms with Crippen LogP contribution >= 0.6 is 0 Å². The van der Waals surface area contributed by atoms with E-state index in [4.69, 9.17) is 4.74 Å². The van der Waals surface area contributed by atoms with E-state index in [1.807, 2.05) is 0 Å². The lowest BCUT2D eigenvalue weighted by atomic mass is 10.2. The molecule has 0 saturated carbocycles. The van der Waals surface area contributed by atoms with Gasteiger partial charge in [0.15, 0.2) is 0 Å². The van der Waals surface area contributed by atoms with Crippen molar-refractivity contribution >= 4 is 12.3 Å². The maximum absolute atomic E-state index is 11.1. The first-order valence-electron chi connectivity index (χ1n) is 4.14. The Morgan fingerprint density at radius 2 is 2.23 bits per heavy atom. The molecule has 0 aromatic heterocycles. The van der Waals surface area contributed by atoms with E-state index in [2.05, 4.69) is 0 Å². The van der Waals surface area contributed by atoms with Crippen LogP contribution in [0.3, 0.4) is 0 Å². The van der Waals surface area contributed by atoms with E-state index in [0.29, 0.717) is 13.1 Å². The predicted octanol–water partition coefficient (Wildman–Crippen LogP) is -1.07. The van der Waals surface area contributed by atoms with Crippen molar-refractivity contribution in [1.29, 1.82) is 0 Å². The van der Waals surface area contributed by atoms with Gasteiger partial charge in [-0.1, -0.05) is 0 Å². The van der Waals surface area contributed by atoms with Gasteiger partial charge in [0.2, 0.25) is 12.3 Å². The number of nitrogens with zero attached hydrogens (tertiary/aromatic N) is 2. The van der Waals surface area contributed by atoms with Gasteiger partial charge in [-0.2, -0.15) is 0 Å². The number of carbonyl (C=O) groups excluding carboxylic acids is 2. The number of ether oxygens (including phenoxy) is 1. The highest BCUT2D eigenvalue weighted by atomic mass is 16.5. The molecule has 0 aromatic rings. The molecular weight excluding hydrogens is 172 g/mol. The van der Waals surface area contributed by atoms with Crippen LogP contribution in [0.25, 0.3) is 0 Å². The molecule has 0 radical (unpaired) electrons. The Hall–Kier alpha value is -1.10. The van der Waals surface area contributed by atoms with Crippen LogP contribution in [0.4, 0.5) is 0 Å². The van der Waals surface area contributed by atoms with Gasteiger partial charge in [0.25, 0.3) is 0 Å². The van der Waals surface area contributed by atoms with Crippen LogP contribution in [-0.2, 0) is 14.3 Å². The maximum Gasteiger partial charge on any atom is 0.248 e. The van der Waals surface area contributed by atoms with E-state index in [-0.39, 0.29) is 18.6 Å². The molecule has 1 saturated heterocycles. The first-order valence-corrected chi connectivity index (χ1v) is 4.14. The molecule has 0 spiro atoms. The van der Waals surface area contributed by atoms with Gasteiger partial charge in [0.05, 0.1) is 6.10 Å². The average molecular weight is 186 g/mol. The lowest BCUT2D eigenvalue weighted by molar-refractivity contribution is -0.143. The molecule has 1 aliphatic heterocycles. The van der Waals surface area contributed by atoms with Crippen LogP contribution in [0.15, 0.2) is 0 Å². The smallest absolute Gasteiger partial charge is 0.248 e. The molecule has 13 heavy (non-hydrogen) atoms. The summed E-state index contributed by atoms with van der Waals surface area (Å²) in [7, 11) is 3.37. The number of amides is 2. The molecule has 1 aliphatic rings. The zero-order valence-electron chi connectivity index (χ0n) is 7.90. The second-order valence-electron chi connectivity index (χ2n) is 3.28. The van der Waals surface area contributed by atoms with Crippen LogP contribution in [0, 0.1) is 0 Å². The largest absolute Gasteiger partial charge is 0.365 e. The molecule has 1 heterocycles. The van der Waals surface area contributed by atoms with Gasteiger partial charge in [-0.15, -0.1) is 0 Å². The molecule has 0 bridgehead atoms. The average Bonchev–Trinajstić information content (AvgIpc) is 2.01. The fourth-order valence-electron chi connectivity index (χ4n) is 0.979. The van der Waals surface area contributed by atoms with Crippen molar-refractivity contribution in [3.63, 3.8) is 0 Å². The molecule has 0 unspecified atom stereocenters. The summed E-state index contributed by atoms with van der Waals surface area (Å²) in [5.41, 5.74) is 0. The first kappa shape index (κ1) is 9.98. The highest BCUT2D eigenvalue weighted by Gasteiger charge is 2.26. The Bertz CT molecular complexity index is 200. The Morgan fingerprint density at radius 3 is 2.69 bits per heavy atom. The molecule has 74 valence electrons. The van der Waals surface area contributed by atoms with Crippen molar-refractivity contribution < 1.29 is 14.3 Å². The summed E-state index contributed by atoms with van der Waals surface area (Å²) in [5, 5.41) is 0. The summed E-state index contributed by atoms with van der Waals surface area (Å²) >= 11 is 0. The van der Waals surface area contributed by atoms with Crippen LogP contribution in [-0.4, -0.2) is 62.0 Å². The molecule has 0 aliphatic carbocycles. The Labute approximate surface area is 77.2 Å². The summed E-state index contributed by atoms with van der Waals surface area (Å²) in [4.78, 5) is 24.3. The quantitative estimate of drug-likeness (QED) is 0.525. The highest BCUT2D eigenvalue weighted by molar-refractivity contribution is 5.76. The maximum atomic E-state index is 11.1. The third-order valence-corrected chi connectivity index (χ3v) is 1.97. The van der Waals surface area contributed by atoms with Crippen molar-refractivity contribution in [3.05, 3.63) is 0 Å². The lowest BCUT2D eigenvalue weighted by Crippen LogP contribution is -2.52. The molecule has 0 N–H and O–H groups in total. The molecule has 0 atom stereocenters. The molecule has 1 rings (SSSR count). The zero-order chi connectivity index (χ0) is 9.84. The highest BCUT2D eigenvalue weighted by Crippen LogP contribution is 2.08. The fourth-order valence-corrected chi connectivity index (χ4v) is 0.979. The van der Waals surface area contributed by atoms with E-state index in [9.17, 15) is 9.59 Å². The van der Waals surface area contributed by atoms with Gasteiger partial charge in [-0.25, -0.2) is 0 Å². The number of rotatable bonds is 4. The summed E-state index contributed by atoms with van der Waals surface area (Å²) in [6.07, 6.45) is 0.822. The van der Waals surface area contributed by atoms with Gasteiger partial charge in [-0.3, -0.25) is 9.59 Å². The number of likely N-dealkylation sites (N-methyl/N-ethyl adjacent to an activating group) is 1. The first-order chi connectivity index (χ1) is 6.13. The summed E-state index contributed by atoms with van der Waals surface area (Å²) in [6.45, 7) is 1.30. The van der Waals surface area contributed by atoms with Gasteiger partial charge < -0.3 is 14.5 Å². The minimum Gasteiger partial charge on any atom is -0.365 e. The lowest BCUT2D eigenvalue weighted by Gasteiger charge is -2.35. The number of hydrogen-bond donors (Lipinski definition) is 0. The molecule has 5 nitrogen and oxygen atoms in total. The van der Waals surface area contributed by atoms with Crippen LogP contribution in [0.1, 0.15) is 0 Å². The van der Waals surface area contributed by atoms with Crippen molar-refractivity contribution in [1.82, 2.24) is 9.80 Å². The van der Waals surface area contributed by atoms with Crippen LogP contribution in [0.5, 0.6) is 0 Å². The summed E-state index contributed by atoms with van der Waals surface area (Å²) in [6, 6.07) is 0. The van der Waals surface area contributed by atoms with Gasteiger partial charge in [-0.05, 0) is 0 Å². The van der Waals surface area contributed by atoms with Gasteiger partial charge in [0.1, 0.15) is 6.61 Å². The van der Waals surface area contributed by atoms with E-state index in [0.717, 1.165) is 6.41 Å².